The number of hydrogen-bond acceptors (Lipinski definition) is 4. The van der Waals surface area contributed by atoms with Crippen molar-refractivity contribution in [3.63, 3.8) is 0 Å². The third kappa shape index (κ3) is 5.84. The average molecular weight is 560 g/mol. The second kappa shape index (κ2) is 9.06. The molecule has 1 unspecified atom stereocenters. The van der Waals surface area contributed by atoms with Crippen molar-refractivity contribution in [3.05, 3.63) is 32.1 Å². The summed E-state index contributed by atoms with van der Waals surface area (Å²) in [6.45, 7) is 18.7. The van der Waals surface area contributed by atoms with Gasteiger partial charge in [-0.05, 0) is 78.9 Å². The van der Waals surface area contributed by atoms with Gasteiger partial charge in [-0.1, -0.05) is 34.6 Å². The van der Waals surface area contributed by atoms with Gasteiger partial charge in [-0.3, -0.25) is 4.79 Å². The molecule has 2 aromatic rings. The fraction of sp³-hybridized carbons (Fsp3) is 0.625. The van der Waals surface area contributed by atoms with Crippen LogP contribution in [0.2, 0.25) is 18.1 Å². The topological polar surface area (TPSA) is 71.7 Å². The van der Waals surface area contributed by atoms with Crippen LogP contribution in [0.25, 0.3) is 10.9 Å². The Bertz CT molecular complexity index is 1000. The Balaban J connectivity index is 2.70. The molecule has 0 amide bonds. The molecule has 7 heteroatoms. The molecular weight excluding hydrogens is 521 g/mol. The second-order valence-corrected chi connectivity index (χ2v) is 16.7. The first-order chi connectivity index (χ1) is 14.0. The Kier molecular flexibility index (Phi) is 7.65. The number of fused-ring (bicyclic) bond motifs is 1. The van der Waals surface area contributed by atoms with Gasteiger partial charge in [0.15, 0.2) is 14.1 Å². The summed E-state index contributed by atoms with van der Waals surface area (Å²) in [4.78, 5) is 23.5. The molecule has 31 heavy (non-hydrogen) atoms. The van der Waals surface area contributed by atoms with Crippen molar-refractivity contribution in [1.29, 1.82) is 0 Å². The first-order valence-electron chi connectivity index (χ1n) is 10.9. The van der Waals surface area contributed by atoms with E-state index < -0.39 is 8.32 Å². The van der Waals surface area contributed by atoms with Crippen molar-refractivity contribution in [1.82, 2.24) is 4.57 Å². The highest BCUT2D eigenvalue weighted by molar-refractivity contribution is 14.1. The predicted molar refractivity (Wildman–Crippen MR) is 140 cm³/mol. The van der Waals surface area contributed by atoms with Crippen LogP contribution in [-0.2, 0) is 0 Å². The molecule has 0 saturated heterocycles. The van der Waals surface area contributed by atoms with Gasteiger partial charge in [-0.2, -0.15) is 0 Å². The average Bonchev–Trinajstić information content (AvgIpc) is 2.58. The van der Waals surface area contributed by atoms with Crippen molar-refractivity contribution in [3.8, 4) is 11.5 Å². The van der Waals surface area contributed by atoms with E-state index in [9.17, 15) is 14.7 Å². The minimum atomic E-state index is -2.35. The van der Waals surface area contributed by atoms with E-state index >= 15 is 0 Å². The van der Waals surface area contributed by atoms with Crippen LogP contribution in [0.1, 0.15) is 67.3 Å². The number of aromatic nitrogens is 1. The van der Waals surface area contributed by atoms with Crippen LogP contribution in [0, 0.1) is 8.99 Å². The zero-order valence-corrected chi connectivity index (χ0v) is 23.5. The molecule has 5 nitrogen and oxygen atoms in total. The van der Waals surface area contributed by atoms with E-state index in [1.54, 1.807) is 12.3 Å². The van der Waals surface area contributed by atoms with Crippen molar-refractivity contribution in [2.75, 3.05) is 0 Å². The van der Waals surface area contributed by atoms with Gasteiger partial charge in [0.1, 0.15) is 5.75 Å². The number of aromatic hydroxyl groups is 1. The molecule has 1 aromatic heterocycles. The Morgan fingerprint density at radius 2 is 1.74 bits per heavy atom. The Morgan fingerprint density at radius 3 is 2.23 bits per heavy atom. The van der Waals surface area contributed by atoms with Crippen LogP contribution in [0.3, 0.4) is 0 Å². The third-order valence-electron chi connectivity index (χ3n) is 6.46. The van der Waals surface area contributed by atoms with Crippen LogP contribution in [0.4, 0.5) is 0 Å². The molecule has 2 rings (SSSR count). The molecule has 0 aliphatic heterocycles. The number of ether oxygens (including phenoxy) is 1. The van der Waals surface area contributed by atoms with E-state index in [4.69, 9.17) is 4.74 Å². The fourth-order valence-corrected chi connectivity index (χ4v) is 5.08. The number of hydrogen-bond donors (Lipinski definition) is 2. The van der Waals surface area contributed by atoms with E-state index in [2.05, 4.69) is 57.2 Å². The van der Waals surface area contributed by atoms with Gasteiger partial charge in [0.05, 0.1) is 26.8 Å². The number of halogens is 1. The normalized spacial score (nSPS) is 14.3. The molecule has 174 valence electrons. The van der Waals surface area contributed by atoms with Gasteiger partial charge in [-0.15, -0.1) is 0 Å². The van der Waals surface area contributed by atoms with E-state index in [1.165, 1.54) is 0 Å². The highest BCUT2D eigenvalue weighted by Crippen LogP contribution is 2.45. The lowest BCUT2D eigenvalue weighted by atomic mass is 9.82. The molecule has 0 radical (unpaired) electrons. The van der Waals surface area contributed by atoms with Crippen LogP contribution in [0.5, 0.6) is 11.5 Å². The molecule has 1 heterocycles. The van der Waals surface area contributed by atoms with E-state index in [0.717, 1.165) is 27.7 Å². The van der Waals surface area contributed by atoms with Gasteiger partial charge in [0.25, 0.3) is 0 Å². The Morgan fingerprint density at radius 1 is 1.16 bits per heavy atom. The third-order valence-corrected chi connectivity index (χ3v) is 10.9. The van der Waals surface area contributed by atoms with Crippen LogP contribution in [-0.4, -0.2) is 28.9 Å². The number of rotatable bonds is 7. The fourth-order valence-electron chi connectivity index (χ4n) is 3.73. The molecule has 0 aliphatic carbocycles. The first kappa shape index (κ1) is 26.2. The zero-order valence-electron chi connectivity index (χ0n) is 20.3. The summed E-state index contributed by atoms with van der Waals surface area (Å²) >= 11 is 2.17. The van der Waals surface area contributed by atoms with Crippen molar-refractivity contribution < 1.29 is 14.6 Å². The Hall–Kier alpha value is -1.06. The van der Waals surface area contributed by atoms with E-state index in [0.29, 0.717) is 5.39 Å². The maximum Gasteiger partial charge on any atom is 0.230 e. The van der Waals surface area contributed by atoms with Gasteiger partial charge in [0.2, 0.25) is 5.43 Å². The molecular formula is C24H38INO4Si. The predicted octanol–water partition coefficient (Wildman–Crippen LogP) is 6.44. The zero-order chi connectivity index (χ0) is 23.9. The van der Waals surface area contributed by atoms with Gasteiger partial charge in [0, 0.05) is 12.1 Å². The maximum atomic E-state index is 12.8. The molecule has 0 fully saturated rings. The maximum absolute atomic E-state index is 12.8. The highest BCUT2D eigenvalue weighted by atomic mass is 127. The minimum absolute atomic E-state index is 0.0132. The molecule has 1 atom stereocenters. The van der Waals surface area contributed by atoms with Gasteiger partial charge < -0.3 is 19.2 Å². The summed E-state index contributed by atoms with van der Waals surface area (Å²) in [6.07, 6.45) is 3.25. The summed E-state index contributed by atoms with van der Waals surface area (Å²) in [6, 6.07) is 3.75. The molecule has 0 spiro atoms. The molecule has 0 saturated carbocycles. The summed E-state index contributed by atoms with van der Waals surface area (Å²) in [7, 11) is -2.35. The lowest BCUT2D eigenvalue weighted by Gasteiger charge is -2.40. The molecule has 2 N–H and O–H groups in total. The number of nitrogens with zero attached hydrogens (tertiary/aromatic N) is 1. The molecule has 0 bridgehead atoms. The summed E-state index contributed by atoms with van der Waals surface area (Å²) in [5.41, 5.74) is 0.266. The summed E-state index contributed by atoms with van der Waals surface area (Å²) in [5.74, 6) is 0.491. The number of pyridine rings is 1. The second-order valence-electron chi connectivity index (χ2n) is 11.1. The van der Waals surface area contributed by atoms with Crippen LogP contribution in [0.15, 0.2) is 23.1 Å². The number of benzene rings is 1. The summed E-state index contributed by atoms with van der Waals surface area (Å²) < 4.78 is 8.87. The lowest BCUT2D eigenvalue weighted by Crippen LogP contribution is -2.39. The summed E-state index contributed by atoms with van der Waals surface area (Å²) in [5, 5.41) is 10.8. The van der Waals surface area contributed by atoms with Crippen molar-refractivity contribution in [2.45, 2.75) is 91.6 Å². The standard InChI is InChI=1S/C24H38INO4Si/c1-15(2)30-20-13-18-16(12-17(20)25)22(28)19(27)14-26(18)21(23(3,4)5)10-11-24(6,7)31(8,9)29/h12-15,21,27,29H,10-11H2,1-9H3. The van der Waals surface area contributed by atoms with Gasteiger partial charge in [-0.25, -0.2) is 0 Å². The lowest BCUT2D eigenvalue weighted by molar-refractivity contribution is 0.218. The highest BCUT2D eigenvalue weighted by Gasteiger charge is 2.39. The van der Waals surface area contributed by atoms with Crippen LogP contribution < -0.4 is 10.2 Å². The smallest absolute Gasteiger partial charge is 0.230 e. The van der Waals surface area contributed by atoms with Crippen LogP contribution >= 0.6 is 22.6 Å². The molecule has 0 aliphatic rings. The largest absolute Gasteiger partial charge is 0.503 e. The minimum Gasteiger partial charge on any atom is -0.503 e. The quantitative estimate of drug-likeness (QED) is 0.303. The van der Waals surface area contributed by atoms with E-state index in [1.807, 2.05) is 37.6 Å². The first-order valence-corrected chi connectivity index (χ1v) is 14.9. The van der Waals surface area contributed by atoms with E-state index in [-0.39, 0.29) is 33.8 Å². The van der Waals surface area contributed by atoms with Crippen molar-refractivity contribution >= 4 is 41.8 Å². The van der Waals surface area contributed by atoms with Gasteiger partial charge >= 0.3 is 0 Å². The Labute approximate surface area is 201 Å². The van der Waals surface area contributed by atoms with Crippen molar-refractivity contribution in [2.24, 2.45) is 5.41 Å². The SMILES string of the molecule is CC(C)Oc1cc2c(cc1I)c(=O)c(O)cn2C(CCC(C)(C)[Si](C)(C)O)C(C)(C)C. The monoisotopic (exact) mass is 559 g/mol. The molecule has 1 aromatic carbocycles.